The molecule has 3 aromatic carbocycles. The second kappa shape index (κ2) is 7.18. The van der Waals surface area contributed by atoms with Gasteiger partial charge in [0.05, 0.1) is 5.52 Å². The molecular formula is C23H20N2. The normalized spacial score (nSPS) is 10.9. The standard InChI is InChI=1S/C23H20N2/c1-3-9-18(10-4-1)21(19-11-5-2-6-12-19)17-25-23-15-16-24-22-14-8-7-13-20(22)23/h1-16,21H,17H2,(H,24,25). The van der Waals surface area contributed by atoms with Gasteiger partial charge in [-0.25, -0.2) is 0 Å². The van der Waals surface area contributed by atoms with Gasteiger partial charge in [-0.2, -0.15) is 0 Å². The summed E-state index contributed by atoms with van der Waals surface area (Å²) < 4.78 is 0. The van der Waals surface area contributed by atoms with Gasteiger partial charge in [0.25, 0.3) is 0 Å². The van der Waals surface area contributed by atoms with Crippen molar-refractivity contribution in [3.63, 3.8) is 0 Å². The van der Waals surface area contributed by atoms with E-state index in [0.717, 1.165) is 23.1 Å². The van der Waals surface area contributed by atoms with Crippen molar-refractivity contribution < 1.29 is 0 Å². The van der Waals surface area contributed by atoms with E-state index in [2.05, 4.69) is 89.2 Å². The molecule has 2 heteroatoms. The lowest BCUT2D eigenvalue weighted by atomic mass is 9.91. The lowest BCUT2D eigenvalue weighted by Gasteiger charge is -2.20. The Labute approximate surface area is 148 Å². The van der Waals surface area contributed by atoms with Crippen molar-refractivity contribution in [2.45, 2.75) is 5.92 Å². The summed E-state index contributed by atoms with van der Waals surface area (Å²) >= 11 is 0. The van der Waals surface area contributed by atoms with E-state index in [1.165, 1.54) is 11.1 Å². The summed E-state index contributed by atoms with van der Waals surface area (Å²) in [6, 6.07) is 31.6. The second-order valence-corrected chi connectivity index (χ2v) is 6.13. The minimum Gasteiger partial charge on any atom is -0.383 e. The summed E-state index contributed by atoms with van der Waals surface area (Å²) in [4.78, 5) is 4.45. The Bertz CT molecular complexity index is 904. The van der Waals surface area contributed by atoms with Crippen molar-refractivity contribution >= 4 is 16.6 Å². The van der Waals surface area contributed by atoms with Crippen LogP contribution in [0.25, 0.3) is 10.9 Å². The van der Waals surface area contributed by atoms with Gasteiger partial charge in [0.1, 0.15) is 0 Å². The molecule has 0 saturated carbocycles. The fourth-order valence-electron chi connectivity index (χ4n) is 3.26. The lowest BCUT2D eigenvalue weighted by Crippen LogP contribution is -2.14. The monoisotopic (exact) mass is 324 g/mol. The first-order valence-corrected chi connectivity index (χ1v) is 8.59. The minimum absolute atomic E-state index is 0.300. The van der Waals surface area contributed by atoms with Crippen molar-refractivity contribution in [2.24, 2.45) is 0 Å². The van der Waals surface area contributed by atoms with E-state index in [1.54, 1.807) is 0 Å². The van der Waals surface area contributed by atoms with Crippen LogP contribution in [0.2, 0.25) is 0 Å². The number of hydrogen-bond donors (Lipinski definition) is 1. The molecule has 0 aliphatic rings. The number of para-hydroxylation sites is 1. The number of nitrogens with one attached hydrogen (secondary N) is 1. The van der Waals surface area contributed by atoms with Crippen LogP contribution < -0.4 is 5.32 Å². The molecular weight excluding hydrogens is 304 g/mol. The second-order valence-electron chi connectivity index (χ2n) is 6.13. The maximum Gasteiger partial charge on any atom is 0.0722 e. The quantitative estimate of drug-likeness (QED) is 0.526. The highest BCUT2D eigenvalue weighted by atomic mass is 14.9. The SMILES string of the molecule is c1ccc(C(CNc2ccnc3ccccc23)c2ccccc2)cc1. The number of benzene rings is 3. The van der Waals surface area contributed by atoms with Gasteiger partial charge in [0, 0.05) is 29.7 Å². The Morgan fingerprint density at radius 3 is 1.96 bits per heavy atom. The molecule has 0 unspecified atom stereocenters. The number of nitrogens with zero attached hydrogens (tertiary/aromatic N) is 1. The van der Waals surface area contributed by atoms with Crippen LogP contribution in [0.4, 0.5) is 5.69 Å². The van der Waals surface area contributed by atoms with Crippen LogP contribution in [0.15, 0.2) is 97.2 Å². The molecule has 1 heterocycles. The van der Waals surface area contributed by atoms with Crippen LogP contribution >= 0.6 is 0 Å². The fraction of sp³-hybridized carbons (Fsp3) is 0.0870. The van der Waals surface area contributed by atoms with E-state index < -0.39 is 0 Å². The van der Waals surface area contributed by atoms with Gasteiger partial charge in [-0.3, -0.25) is 4.98 Å². The van der Waals surface area contributed by atoms with Gasteiger partial charge in [-0.05, 0) is 23.3 Å². The topological polar surface area (TPSA) is 24.9 Å². The molecule has 122 valence electrons. The average molecular weight is 324 g/mol. The third-order valence-corrected chi connectivity index (χ3v) is 4.55. The fourth-order valence-corrected chi connectivity index (χ4v) is 3.26. The number of pyridine rings is 1. The molecule has 25 heavy (non-hydrogen) atoms. The zero-order valence-electron chi connectivity index (χ0n) is 14.0. The van der Waals surface area contributed by atoms with E-state index in [0.29, 0.717) is 5.92 Å². The summed E-state index contributed by atoms with van der Waals surface area (Å²) in [5.74, 6) is 0.300. The van der Waals surface area contributed by atoms with E-state index in [1.807, 2.05) is 18.3 Å². The zero-order valence-corrected chi connectivity index (χ0v) is 14.0. The summed E-state index contributed by atoms with van der Waals surface area (Å²) in [6.45, 7) is 0.835. The largest absolute Gasteiger partial charge is 0.383 e. The molecule has 0 bridgehead atoms. The van der Waals surface area contributed by atoms with Gasteiger partial charge in [-0.1, -0.05) is 78.9 Å². The predicted molar refractivity (Wildman–Crippen MR) is 105 cm³/mol. The summed E-state index contributed by atoms with van der Waals surface area (Å²) in [6.07, 6.45) is 1.87. The average Bonchev–Trinajstić information content (AvgIpc) is 2.70. The van der Waals surface area contributed by atoms with Gasteiger partial charge in [0.2, 0.25) is 0 Å². The Balaban J connectivity index is 1.65. The number of anilines is 1. The Morgan fingerprint density at radius 2 is 1.28 bits per heavy atom. The Hall–Kier alpha value is -3.13. The molecule has 1 N–H and O–H groups in total. The third-order valence-electron chi connectivity index (χ3n) is 4.55. The van der Waals surface area contributed by atoms with Crippen LogP contribution in [-0.2, 0) is 0 Å². The molecule has 0 atom stereocenters. The zero-order chi connectivity index (χ0) is 16.9. The first-order chi connectivity index (χ1) is 12.4. The van der Waals surface area contributed by atoms with Crippen LogP contribution in [0.1, 0.15) is 17.0 Å². The molecule has 0 fully saturated rings. The Kier molecular flexibility index (Phi) is 4.42. The van der Waals surface area contributed by atoms with Crippen molar-refractivity contribution in [2.75, 3.05) is 11.9 Å². The van der Waals surface area contributed by atoms with Crippen LogP contribution in [-0.4, -0.2) is 11.5 Å². The number of fused-ring (bicyclic) bond motifs is 1. The molecule has 4 aromatic rings. The minimum atomic E-state index is 0.300. The lowest BCUT2D eigenvalue weighted by molar-refractivity contribution is 0.854. The number of rotatable bonds is 5. The molecule has 1 aromatic heterocycles. The first kappa shape index (κ1) is 15.4. The maximum absolute atomic E-state index is 4.45. The van der Waals surface area contributed by atoms with Crippen LogP contribution in [0.3, 0.4) is 0 Å². The van der Waals surface area contributed by atoms with Crippen LogP contribution in [0.5, 0.6) is 0 Å². The smallest absolute Gasteiger partial charge is 0.0722 e. The number of hydrogen-bond acceptors (Lipinski definition) is 2. The van der Waals surface area contributed by atoms with Crippen molar-refractivity contribution in [1.29, 1.82) is 0 Å². The summed E-state index contributed by atoms with van der Waals surface area (Å²) in [5.41, 5.74) is 4.78. The highest BCUT2D eigenvalue weighted by Crippen LogP contribution is 2.27. The third kappa shape index (κ3) is 3.38. The van der Waals surface area contributed by atoms with E-state index in [-0.39, 0.29) is 0 Å². The molecule has 0 saturated heterocycles. The van der Waals surface area contributed by atoms with Gasteiger partial charge < -0.3 is 5.32 Å². The molecule has 0 aliphatic carbocycles. The molecule has 4 rings (SSSR count). The highest BCUT2D eigenvalue weighted by molar-refractivity contribution is 5.90. The number of aromatic nitrogens is 1. The molecule has 0 amide bonds. The van der Waals surface area contributed by atoms with E-state index in [9.17, 15) is 0 Å². The molecule has 2 nitrogen and oxygen atoms in total. The van der Waals surface area contributed by atoms with Gasteiger partial charge in [0.15, 0.2) is 0 Å². The highest BCUT2D eigenvalue weighted by Gasteiger charge is 2.14. The molecule has 0 spiro atoms. The van der Waals surface area contributed by atoms with Crippen molar-refractivity contribution in [1.82, 2.24) is 4.98 Å². The van der Waals surface area contributed by atoms with Crippen molar-refractivity contribution in [3.8, 4) is 0 Å². The summed E-state index contributed by atoms with van der Waals surface area (Å²) in [7, 11) is 0. The first-order valence-electron chi connectivity index (χ1n) is 8.59. The summed E-state index contributed by atoms with van der Waals surface area (Å²) in [5, 5.41) is 4.80. The van der Waals surface area contributed by atoms with E-state index >= 15 is 0 Å². The predicted octanol–water partition coefficient (Wildman–Crippen LogP) is 5.48. The van der Waals surface area contributed by atoms with Gasteiger partial charge >= 0.3 is 0 Å². The van der Waals surface area contributed by atoms with Crippen LogP contribution in [0, 0.1) is 0 Å². The molecule has 0 radical (unpaired) electrons. The van der Waals surface area contributed by atoms with Gasteiger partial charge in [-0.15, -0.1) is 0 Å². The maximum atomic E-state index is 4.45. The van der Waals surface area contributed by atoms with E-state index in [4.69, 9.17) is 0 Å². The van der Waals surface area contributed by atoms with Crippen molar-refractivity contribution in [3.05, 3.63) is 108 Å². The molecule has 0 aliphatic heterocycles. The Morgan fingerprint density at radius 1 is 0.680 bits per heavy atom.